The van der Waals surface area contributed by atoms with Crippen molar-refractivity contribution in [3.8, 4) is 0 Å². The van der Waals surface area contributed by atoms with Crippen molar-refractivity contribution in [2.24, 2.45) is 11.8 Å². The minimum absolute atomic E-state index is 0.169. The smallest absolute Gasteiger partial charge is 0.341 e. The van der Waals surface area contributed by atoms with Crippen LogP contribution in [0.3, 0.4) is 0 Å². The number of ether oxygens (including phenoxy) is 1. The van der Waals surface area contributed by atoms with E-state index >= 15 is 0 Å². The van der Waals surface area contributed by atoms with Crippen LogP contribution < -0.4 is 10.6 Å². The number of rotatable bonds is 5. The Bertz CT molecular complexity index is 1300. The zero-order valence-corrected chi connectivity index (χ0v) is 24.2. The molecule has 1 saturated heterocycles. The van der Waals surface area contributed by atoms with Crippen LogP contribution in [0.15, 0.2) is 29.2 Å². The van der Waals surface area contributed by atoms with Crippen LogP contribution in [0.1, 0.15) is 79.1 Å². The van der Waals surface area contributed by atoms with Gasteiger partial charge in [0.25, 0.3) is 5.91 Å². The van der Waals surface area contributed by atoms with Crippen molar-refractivity contribution in [1.29, 1.82) is 0 Å². The molecule has 0 bridgehead atoms. The van der Waals surface area contributed by atoms with Crippen LogP contribution in [-0.2, 0) is 26.7 Å². The van der Waals surface area contributed by atoms with E-state index < -0.39 is 27.4 Å². The Morgan fingerprint density at radius 2 is 1.68 bits per heavy atom. The third-order valence-corrected chi connectivity index (χ3v) is 10.4. The van der Waals surface area contributed by atoms with Crippen LogP contribution in [0.4, 0.5) is 5.00 Å². The lowest BCUT2D eigenvalue weighted by Crippen LogP contribution is -2.55. The third kappa shape index (κ3) is 5.48. The first-order valence-electron chi connectivity index (χ1n) is 12.6. The highest BCUT2D eigenvalue weighted by atomic mass is 32.2. The van der Waals surface area contributed by atoms with Crippen molar-refractivity contribution in [3.05, 3.63) is 45.8 Å². The first kappa shape index (κ1) is 27.8. The molecule has 10 heteroatoms. The number of thiophene rings is 1. The summed E-state index contributed by atoms with van der Waals surface area (Å²) < 4.78 is 33.0. The lowest BCUT2D eigenvalue weighted by molar-refractivity contribution is 0.0600. The fourth-order valence-corrected chi connectivity index (χ4v) is 8.78. The molecule has 37 heavy (non-hydrogen) atoms. The van der Waals surface area contributed by atoms with Gasteiger partial charge in [0.2, 0.25) is 10.0 Å². The average molecular weight is 548 g/mol. The quantitative estimate of drug-likeness (QED) is 0.530. The standard InChI is InChI=1S/C27H37N3O5S2/c1-16-12-17(2)15-30(14-16)37(33,34)19-10-8-18(9-11-19)23(31)28-24-21(25(32)35-7)20-13-26(3,4)29-27(5,6)22(20)36-24/h8-11,16-17,29H,12-15H2,1-7H3,(H,28,31)/t16-,17-/m1/s1. The van der Waals surface area contributed by atoms with Crippen molar-refractivity contribution in [3.63, 3.8) is 0 Å². The minimum Gasteiger partial charge on any atom is -0.465 e. The number of hydrogen-bond acceptors (Lipinski definition) is 7. The first-order valence-corrected chi connectivity index (χ1v) is 14.9. The molecule has 0 spiro atoms. The van der Waals surface area contributed by atoms with Gasteiger partial charge in [0, 0.05) is 34.6 Å². The summed E-state index contributed by atoms with van der Waals surface area (Å²) in [6, 6.07) is 5.98. The Labute approximate surface area is 223 Å². The molecule has 0 unspecified atom stereocenters. The molecular formula is C27H37N3O5S2. The van der Waals surface area contributed by atoms with Crippen LogP contribution >= 0.6 is 11.3 Å². The number of nitrogens with zero attached hydrogens (tertiary/aromatic N) is 1. The average Bonchev–Trinajstić information content (AvgIpc) is 3.15. The molecule has 1 aromatic carbocycles. The molecule has 2 atom stereocenters. The summed E-state index contributed by atoms with van der Waals surface area (Å²) in [5, 5.41) is 6.93. The normalized spacial score (nSPS) is 23.2. The van der Waals surface area contributed by atoms with Gasteiger partial charge >= 0.3 is 5.97 Å². The first-order chi connectivity index (χ1) is 17.1. The molecule has 0 aliphatic carbocycles. The lowest BCUT2D eigenvalue weighted by atomic mass is 9.81. The Morgan fingerprint density at radius 1 is 1.08 bits per heavy atom. The molecule has 2 aliphatic heterocycles. The number of nitrogens with one attached hydrogen (secondary N) is 2. The van der Waals surface area contributed by atoms with Gasteiger partial charge in [0.15, 0.2) is 0 Å². The van der Waals surface area contributed by atoms with Gasteiger partial charge < -0.3 is 15.4 Å². The number of sulfonamides is 1. The number of amides is 1. The molecule has 2 aromatic rings. The predicted octanol–water partition coefficient (Wildman–Crippen LogP) is 4.61. The summed E-state index contributed by atoms with van der Waals surface area (Å²) in [6.07, 6.45) is 1.62. The number of piperidine rings is 1. The van der Waals surface area contributed by atoms with E-state index in [1.807, 2.05) is 0 Å². The molecule has 1 aromatic heterocycles. The molecular weight excluding hydrogens is 510 g/mol. The summed E-state index contributed by atoms with van der Waals surface area (Å²) in [4.78, 5) is 27.1. The van der Waals surface area contributed by atoms with Crippen LogP contribution in [0.25, 0.3) is 0 Å². The van der Waals surface area contributed by atoms with Crippen molar-refractivity contribution < 1.29 is 22.7 Å². The molecule has 3 heterocycles. The molecule has 8 nitrogen and oxygen atoms in total. The van der Waals surface area contributed by atoms with E-state index in [0.717, 1.165) is 16.9 Å². The Hall–Kier alpha value is -2.27. The number of methoxy groups -OCH3 is 1. The largest absolute Gasteiger partial charge is 0.465 e. The number of fused-ring (bicyclic) bond motifs is 1. The van der Waals surface area contributed by atoms with Crippen molar-refractivity contribution >= 4 is 38.2 Å². The Morgan fingerprint density at radius 3 is 2.24 bits per heavy atom. The molecule has 202 valence electrons. The van der Waals surface area contributed by atoms with Gasteiger partial charge in [-0.25, -0.2) is 13.2 Å². The fraction of sp³-hybridized carbons (Fsp3) is 0.556. The van der Waals surface area contributed by atoms with Crippen LogP contribution in [0, 0.1) is 11.8 Å². The topological polar surface area (TPSA) is 105 Å². The summed E-state index contributed by atoms with van der Waals surface area (Å²) in [5.74, 6) is -0.310. The van der Waals surface area contributed by atoms with Crippen molar-refractivity contribution in [2.75, 3.05) is 25.5 Å². The third-order valence-electron chi connectivity index (χ3n) is 7.05. The molecule has 0 saturated carbocycles. The second-order valence-electron chi connectivity index (χ2n) is 11.7. The Kier molecular flexibility index (Phi) is 7.35. The number of carbonyl (C=O) groups is 2. The van der Waals surface area contributed by atoms with Crippen LogP contribution in [0.5, 0.6) is 0 Å². The molecule has 1 fully saturated rings. The second-order valence-corrected chi connectivity index (χ2v) is 14.6. The van der Waals surface area contributed by atoms with Crippen molar-refractivity contribution in [2.45, 2.75) is 70.4 Å². The number of benzene rings is 1. The van der Waals surface area contributed by atoms with E-state index in [1.165, 1.54) is 47.0 Å². The zero-order chi connectivity index (χ0) is 27.3. The van der Waals surface area contributed by atoms with E-state index in [0.29, 0.717) is 47.5 Å². The highest BCUT2D eigenvalue weighted by Crippen LogP contribution is 2.45. The predicted molar refractivity (Wildman–Crippen MR) is 146 cm³/mol. The summed E-state index contributed by atoms with van der Waals surface area (Å²) in [7, 11) is -2.31. The SMILES string of the molecule is COC(=O)c1c(NC(=O)c2ccc(S(=O)(=O)N3C[C@H](C)C[C@@H](C)C3)cc2)sc2c1CC(C)(C)NC2(C)C. The molecule has 0 radical (unpaired) electrons. The van der Waals surface area contributed by atoms with Gasteiger partial charge in [-0.05, 0) is 82.2 Å². The maximum Gasteiger partial charge on any atom is 0.341 e. The minimum atomic E-state index is -3.64. The number of esters is 1. The van der Waals surface area contributed by atoms with Crippen molar-refractivity contribution in [1.82, 2.24) is 9.62 Å². The van der Waals surface area contributed by atoms with E-state index in [4.69, 9.17) is 4.74 Å². The number of anilines is 1. The number of carbonyl (C=O) groups excluding carboxylic acids is 2. The summed E-state index contributed by atoms with van der Waals surface area (Å²) in [6.45, 7) is 13.4. The van der Waals surface area contributed by atoms with Gasteiger partial charge in [-0.3, -0.25) is 4.79 Å². The maximum atomic E-state index is 13.2. The molecule has 2 N–H and O–H groups in total. The Balaban J connectivity index is 1.61. The summed E-state index contributed by atoms with van der Waals surface area (Å²) >= 11 is 1.37. The number of hydrogen-bond donors (Lipinski definition) is 2. The van der Waals surface area contributed by atoms with E-state index in [-0.39, 0.29) is 10.4 Å². The monoisotopic (exact) mass is 547 g/mol. The summed E-state index contributed by atoms with van der Waals surface area (Å²) in [5.41, 5.74) is 0.928. The van der Waals surface area contributed by atoms with Gasteiger partial charge in [-0.2, -0.15) is 4.31 Å². The maximum absolute atomic E-state index is 13.2. The van der Waals surface area contributed by atoms with Crippen LogP contribution in [-0.4, -0.2) is 50.3 Å². The fourth-order valence-electron chi connectivity index (χ4n) is 5.84. The van der Waals surface area contributed by atoms with E-state index in [1.54, 1.807) is 0 Å². The van der Waals surface area contributed by atoms with Gasteiger partial charge in [-0.1, -0.05) is 13.8 Å². The van der Waals surface area contributed by atoms with Gasteiger partial charge in [0.1, 0.15) is 5.00 Å². The highest BCUT2D eigenvalue weighted by Gasteiger charge is 2.42. The highest BCUT2D eigenvalue weighted by molar-refractivity contribution is 7.89. The molecule has 2 aliphatic rings. The van der Waals surface area contributed by atoms with Gasteiger partial charge in [-0.15, -0.1) is 11.3 Å². The van der Waals surface area contributed by atoms with Crippen LogP contribution in [0.2, 0.25) is 0 Å². The lowest BCUT2D eigenvalue weighted by Gasteiger charge is -2.42. The molecule has 4 rings (SSSR count). The van der Waals surface area contributed by atoms with Gasteiger partial charge in [0.05, 0.1) is 17.6 Å². The van der Waals surface area contributed by atoms with E-state index in [2.05, 4.69) is 52.2 Å². The van der Waals surface area contributed by atoms with E-state index in [9.17, 15) is 18.0 Å². The zero-order valence-electron chi connectivity index (χ0n) is 22.6. The molecule has 1 amide bonds. The second kappa shape index (κ2) is 9.80.